The minimum atomic E-state index is -0.0765. The molecule has 1 aromatic carbocycles. The molecular formula is C19H22ClN3O. The molecule has 2 heterocycles. The Morgan fingerprint density at radius 3 is 2.38 bits per heavy atom. The number of pyridine rings is 1. The van der Waals surface area contributed by atoms with Crippen molar-refractivity contribution in [3.8, 4) is 0 Å². The van der Waals surface area contributed by atoms with Crippen LogP contribution >= 0.6 is 11.6 Å². The standard InChI is InChI=1S/C19H22ClN3O/c20-16-7-5-15(6-8-16)13-19(24)22-18-10-9-17(14-21-18)23-11-3-1-2-4-12-23/h5-10,14H,1-4,11-13H2,(H,21,22,24). The van der Waals surface area contributed by atoms with Crippen molar-refractivity contribution < 1.29 is 4.79 Å². The van der Waals surface area contributed by atoms with Crippen molar-refractivity contribution in [3.63, 3.8) is 0 Å². The van der Waals surface area contributed by atoms with Gasteiger partial charge in [-0.05, 0) is 42.7 Å². The molecule has 1 saturated heterocycles. The Hall–Kier alpha value is -2.07. The molecule has 5 heteroatoms. The van der Waals surface area contributed by atoms with Crippen molar-refractivity contribution in [1.29, 1.82) is 0 Å². The number of anilines is 2. The number of benzene rings is 1. The molecule has 1 aromatic heterocycles. The van der Waals surface area contributed by atoms with Gasteiger partial charge in [-0.2, -0.15) is 0 Å². The molecule has 0 atom stereocenters. The summed E-state index contributed by atoms with van der Waals surface area (Å²) in [5.41, 5.74) is 2.06. The molecule has 0 bridgehead atoms. The number of nitrogens with one attached hydrogen (secondary N) is 1. The van der Waals surface area contributed by atoms with E-state index in [1.54, 1.807) is 12.1 Å². The van der Waals surface area contributed by atoms with E-state index in [9.17, 15) is 4.79 Å². The molecule has 24 heavy (non-hydrogen) atoms. The van der Waals surface area contributed by atoms with Gasteiger partial charge in [0.05, 0.1) is 18.3 Å². The Balaban J connectivity index is 1.57. The lowest BCUT2D eigenvalue weighted by Gasteiger charge is -2.22. The zero-order valence-corrected chi connectivity index (χ0v) is 14.4. The summed E-state index contributed by atoms with van der Waals surface area (Å²) < 4.78 is 0. The normalized spacial score (nSPS) is 15.0. The van der Waals surface area contributed by atoms with E-state index in [0.29, 0.717) is 17.3 Å². The molecule has 0 spiro atoms. The minimum Gasteiger partial charge on any atom is -0.370 e. The Bertz CT molecular complexity index is 662. The van der Waals surface area contributed by atoms with Crippen LogP contribution in [0.25, 0.3) is 0 Å². The van der Waals surface area contributed by atoms with Gasteiger partial charge < -0.3 is 10.2 Å². The van der Waals surface area contributed by atoms with Gasteiger partial charge in [-0.1, -0.05) is 36.6 Å². The number of halogens is 1. The Morgan fingerprint density at radius 2 is 1.75 bits per heavy atom. The summed E-state index contributed by atoms with van der Waals surface area (Å²) in [6, 6.07) is 11.2. The number of rotatable bonds is 4. The van der Waals surface area contributed by atoms with E-state index in [-0.39, 0.29) is 5.91 Å². The predicted octanol–water partition coefficient (Wildman–Crippen LogP) is 4.30. The molecular weight excluding hydrogens is 322 g/mol. The first-order valence-electron chi connectivity index (χ1n) is 8.46. The van der Waals surface area contributed by atoms with Crippen molar-refractivity contribution in [2.75, 3.05) is 23.3 Å². The van der Waals surface area contributed by atoms with E-state index in [4.69, 9.17) is 11.6 Å². The summed E-state index contributed by atoms with van der Waals surface area (Å²) in [6.45, 7) is 2.17. The van der Waals surface area contributed by atoms with Gasteiger partial charge in [0.1, 0.15) is 5.82 Å². The third-order valence-corrected chi connectivity index (χ3v) is 4.52. The van der Waals surface area contributed by atoms with Crippen LogP contribution in [0.1, 0.15) is 31.2 Å². The summed E-state index contributed by atoms with van der Waals surface area (Å²) in [6.07, 6.45) is 7.25. The topological polar surface area (TPSA) is 45.2 Å². The molecule has 0 unspecified atom stereocenters. The van der Waals surface area contributed by atoms with E-state index < -0.39 is 0 Å². The number of hydrogen-bond acceptors (Lipinski definition) is 3. The number of hydrogen-bond donors (Lipinski definition) is 1. The van der Waals surface area contributed by atoms with E-state index in [0.717, 1.165) is 24.3 Å². The molecule has 4 nitrogen and oxygen atoms in total. The van der Waals surface area contributed by atoms with Crippen LogP contribution in [0, 0.1) is 0 Å². The number of carbonyl (C=O) groups excluding carboxylic acids is 1. The van der Waals surface area contributed by atoms with E-state index in [2.05, 4.69) is 15.2 Å². The summed E-state index contributed by atoms with van der Waals surface area (Å²) in [5.74, 6) is 0.514. The lowest BCUT2D eigenvalue weighted by molar-refractivity contribution is -0.115. The molecule has 1 amide bonds. The Morgan fingerprint density at radius 1 is 1.04 bits per heavy atom. The van der Waals surface area contributed by atoms with Crippen LogP contribution in [0.2, 0.25) is 5.02 Å². The summed E-state index contributed by atoms with van der Waals surface area (Å²) in [5, 5.41) is 3.52. The van der Waals surface area contributed by atoms with Gasteiger partial charge in [-0.3, -0.25) is 4.79 Å². The molecule has 1 N–H and O–H groups in total. The van der Waals surface area contributed by atoms with Gasteiger partial charge in [0.15, 0.2) is 0 Å². The van der Waals surface area contributed by atoms with Gasteiger partial charge in [0.25, 0.3) is 0 Å². The predicted molar refractivity (Wildman–Crippen MR) is 98.7 cm³/mol. The fraction of sp³-hybridized carbons (Fsp3) is 0.368. The molecule has 2 aromatic rings. The van der Waals surface area contributed by atoms with Crippen LogP contribution in [-0.2, 0) is 11.2 Å². The van der Waals surface area contributed by atoms with Crippen molar-refractivity contribution in [2.45, 2.75) is 32.1 Å². The molecule has 0 aliphatic carbocycles. The van der Waals surface area contributed by atoms with Crippen molar-refractivity contribution in [1.82, 2.24) is 4.98 Å². The van der Waals surface area contributed by atoms with Crippen LogP contribution in [0.3, 0.4) is 0 Å². The summed E-state index contributed by atoms with van der Waals surface area (Å²) in [4.78, 5) is 18.9. The second-order valence-electron chi connectivity index (χ2n) is 6.15. The maximum absolute atomic E-state index is 12.1. The van der Waals surface area contributed by atoms with Crippen LogP contribution in [0.5, 0.6) is 0 Å². The monoisotopic (exact) mass is 343 g/mol. The first kappa shape index (κ1) is 16.8. The van der Waals surface area contributed by atoms with Crippen molar-refractivity contribution >= 4 is 29.0 Å². The van der Waals surface area contributed by atoms with Gasteiger partial charge in [-0.15, -0.1) is 0 Å². The van der Waals surface area contributed by atoms with Crippen LogP contribution in [0.4, 0.5) is 11.5 Å². The number of nitrogens with zero attached hydrogens (tertiary/aromatic N) is 2. The average molecular weight is 344 g/mol. The van der Waals surface area contributed by atoms with Crippen molar-refractivity contribution in [2.24, 2.45) is 0 Å². The van der Waals surface area contributed by atoms with Crippen LogP contribution < -0.4 is 10.2 Å². The fourth-order valence-corrected chi connectivity index (χ4v) is 3.08. The van der Waals surface area contributed by atoms with E-state index >= 15 is 0 Å². The second-order valence-corrected chi connectivity index (χ2v) is 6.59. The molecule has 126 valence electrons. The van der Waals surface area contributed by atoms with Crippen molar-refractivity contribution in [3.05, 3.63) is 53.2 Å². The Labute approximate surface area is 147 Å². The average Bonchev–Trinajstić information content (AvgIpc) is 2.87. The summed E-state index contributed by atoms with van der Waals surface area (Å²) in [7, 11) is 0. The quantitative estimate of drug-likeness (QED) is 0.900. The molecule has 0 radical (unpaired) electrons. The number of carbonyl (C=O) groups is 1. The van der Waals surface area contributed by atoms with Gasteiger partial charge in [0, 0.05) is 18.1 Å². The molecule has 1 aliphatic heterocycles. The van der Waals surface area contributed by atoms with Gasteiger partial charge >= 0.3 is 0 Å². The highest BCUT2D eigenvalue weighted by atomic mass is 35.5. The van der Waals surface area contributed by atoms with Gasteiger partial charge in [0.2, 0.25) is 5.91 Å². The Kier molecular flexibility index (Phi) is 5.70. The lowest BCUT2D eigenvalue weighted by atomic mass is 10.1. The van der Waals surface area contributed by atoms with E-state index in [1.807, 2.05) is 30.5 Å². The fourth-order valence-electron chi connectivity index (χ4n) is 2.95. The largest absolute Gasteiger partial charge is 0.370 e. The SMILES string of the molecule is O=C(Cc1ccc(Cl)cc1)Nc1ccc(N2CCCCCC2)cn1. The van der Waals surface area contributed by atoms with Gasteiger partial charge in [-0.25, -0.2) is 4.98 Å². The molecule has 1 fully saturated rings. The lowest BCUT2D eigenvalue weighted by Crippen LogP contribution is -2.24. The van der Waals surface area contributed by atoms with Crippen LogP contribution in [-0.4, -0.2) is 24.0 Å². The zero-order valence-electron chi connectivity index (χ0n) is 13.7. The molecule has 1 aliphatic rings. The number of amides is 1. The summed E-state index contributed by atoms with van der Waals surface area (Å²) >= 11 is 5.85. The third kappa shape index (κ3) is 4.71. The highest BCUT2D eigenvalue weighted by Gasteiger charge is 2.11. The maximum atomic E-state index is 12.1. The maximum Gasteiger partial charge on any atom is 0.229 e. The molecule has 0 saturated carbocycles. The third-order valence-electron chi connectivity index (χ3n) is 4.26. The first-order chi connectivity index (χ1) is 11.7. The zero-order chi connectivity index (χ0) is 16.8. The van der Waals surface area contributed by atoms with Crippen LogP contribution in [0.15, 0.2) is 42.6 Å². The first-order valence-corrected chi connectivity index (χ1v) is 8.84. The highest BCUT2D eigenvalue weighted by molar-refractivity contribution is 6.30. The molecule has 3 rings (SSSR count). The minimum absolute atomic E-state index is 0.0765. The second kappa shape index (κ2) is 8.15. The highest BCUT2D eigenvalue weighted by Crippen LogP contribution is 2.20. The van der Waals surface area contributed by atoms with E-state index in [1.165, 1.54) is 25.7 Å². The number of aromatic nitrogens is 1. The smallest absolute Gasteiger partial charge is 0.229 e.